The Morgan fingerprint density at radius 2 is 1.43 bits per heavy atom. The van der Waals surface area contributed by atoms with Gasteiger partial charge in [-0.15, -0.1) is 0 Å². The van der Waals surface area contributed by atoms with Crippen LogP contribution in [0.15, 0.2) is 91.3 Å². The van der Waals surface area contributed by atoms with Gasteiger partial charge in [0.2, 0.25) is 0 Å². The van der Waals surface area contributed by atoms with Crippen LogP contribution in [0.1, 0.15) is 5.56 Å². The lowest BCUT2D eigenvalue weighted by molar-refractivity contribution is 0.964. The van der Waals surface area contributed by atoms with E-state index in [4.69, 9.17) is 5.73 Å². The second-order valence-electron chi connectivity index (χ2n) is 7.11. The lowest BCUT2D eigenvalue weighted by Gasteiger charge is -2.28. The van der Waals surface area contributed by atoms with Gasteiger partial charge in [0.1, 0.15) is 12.0 Å². The summed E-state index contributed by atoms with van der Waals surface area (Å²) in [6.07, 6.45) is 2.53. The summed E-state index contributed by atoms with van der Waals surface area (Å²) in [5.74, 6) is 1.29. The summed E-state index contributed by atoms with van der Waals surface area (Å²) in [4.78, 5) is 11.1. The predicted molar refractivity (Wildman–Crippen MR) is 122 cm³/mol. The molecule has 4 aromatic rings. The van der Waals surface area contributed by atoms with Gasteiger partial charge in [-0.25, -0.2) is 9.97 Å². The van der Waals surface area contributed by atoms with Crippen LogP contribution < -0.4 is 21.1 Å². The molecule has 6 heteroatoms. The fraction of sp³-hybridized carbons (Fsp3) is 0.0833. The summed E-state index contributed by atoms with van der Waals surface area (Å²) in [5, 5.41) is 1.97. The number of benzene rings is 3. The van der Waals surface area contributed by atoms with Crippen molar-refractivity contribution in [3.8, 4) is 0 Å². The van der Waals surface area contributed by atoms with Gasteiger partial charge < -0.3 is 10.6 Å². The van der Waals surface area contributed by atoms with Crippen LogP contribution >= 0.6 is 0 Å². The standard InChI is InChI=1S/C24H22N6/c25-22-23(26-17-27-24(22)29-16-15-18-9-7-8-14-21(18)29)28-30(19-10-3-1-4-11-19)20-12-5-2-6-13-20/h1-14,17H,15-16,25H2,(H,26,27,28). The Morgan fingerprint density at radius 3 is 2.13 bits per heavy atom. The molecule has 0 radical (unpaired) electrons. The smallest absolute Gasteiger partial charge is 0.173 e. The largest absolute Gasteiger partial charge is 0.393 e. The van der Waals surface area contributed by atoms with Gasteiger partial charge in [0.25, 0.3) is 0 Å². The minimum absolute atomic E-state index is 0.520. The Bertz CT molecular complexity index is 1110. The van der Waals surface area contributed by atoms with E-state index in [-0.39, 0.29) is 0 Å². The highest BCUT2D eigenvalue weighted by Gasteiger charge is 2.24. The normalized spacial score (nSPS) is 12.5. The van der Waals surface area contributed by atoms with E-state index in [1.54, 1.807) is 6.33 Å². The van der Waals surface area contributed by atoms with Crippen LogP contribution in [-0.2, 0) is 6.42 Å². The number of rotatable bonds is 5. The number of hydrogen-bond donors (Lipinski definition) is 2. The van der Waals surface area contributed by atoms with Crippen molar-refractivity contribution in [1.29, 1.82) is 0 Å². The lowest BCUT2D eigenvalue weighted by Crippen LogP contribution is -2.26. The molecule has 5 rings (SSSR count). The van der Waals surface area contributed by atoms with Gasteiger partial charge in [-0.2, -0.15) is 0 Å². The number of para-hydroxylation sites is 3. The minimum atomic E-state index is 0.520. The van der Waals surface area contributed by atoms with Crippen molar-refractivity contribution in [2.45, 2.75) is 6.42 Å². The van der Waals surface area contributed by atoms with E-state index in [0.29, 0.717) is 11.5 Å². The van der Waals surface area contributed by atoms with Crippen molar-refractivity contribution in [3.63, 3.8) is 0 Å². The summed E-state index contributed by atoms with van der Waals surface area (Å²) in [7, 11) is 0. The number of hydrogen-bond acceptors (Lipinski definition) is 6. The molecule has 1 aromatic heterocycles. The highest BCUT2D eigenvalue weighted by atomic mass is 15.5. The van der Waals surface area contributed by atoms with E-state index in [1.165, 1.54) is 5.56 Å². The molecule has 0 fully saturated rings. The number of fused-ring (bicyclic) bond motifs is 1. The van der Waals surface area contributed by atoms with Crippen molar-refractivity contribution in [2.75, 3.05) is 27.6 Å². The molecule has 0 aliphatic carbocycles. The molecule has 2 heterocycles. The molecule has 0 amide bonds. The monoisotopic (exact) mass is 394 g/mol. The quantitative estimate of drug-likeness (QED) is 0.468. The van der Waals surface area contributed by atoms with E-state index in [1.807, 2.05) is 71.7 Å². The fourth-order valence-electron chi connectivity index (χ4n) is 3.79. The predicted octanol–water partition coefficient (Wildman–Crippen LogP) is 4.92. The Morgan fingerprint density at radius 1 is 0.800 bits per heavy atom. The minimum Gasteiger partial charge on any atom is -0.393 e. The first-order valence-corrected chi connectivity index (χ1v) is 9.94. The van der Waals surface area contributed by atoms with Crippen molar-refractivity contribution < 1.29 is 0 Å². The zero-order valence-electron chi connectivity index (χ0n) is 16.4. The third-order valence-electron chi connectivity index (χ3n) is 5.25. The number of nitrogens with zero attached hydrogens (tertiary/aromatic N) is 4. The van der Waals surface area contributed by atoms with E-state index in [2.05, 4.69) is 38.5 Å². The second kappa shape index (κ2) is 7.75. The SMILES string of the molecule is Nc1c(NN(c2ccccc2)c2ccccc2)ncnc1N1CCc2ccccc21. The molecule has 3 aromatic carbocycles. The Labute approximate surface area is 175 Å². The first-order chi connectivity index (χ1) is 14.8. The van der Waals surface area contributed by atoms with E-state index >= 15 is 0 Å². The van der Waals surface area contributed by atoms with Crippen LogP contribution in [0.25, 0.3) is 0 Å². The van der Waals surface area contributed by atoms with Gasteiger partial charge in [-0.3, -0.25) is 10.4 Å². The summed E-state index contributed by atoms with van der Waals surface area (Å²) in [5.41, 5.74) is 14.9. The fourth-order valence-corrected chi connectivity index (χ4v) is 3.79. The molecule has 0 bridgehead atoms. The first kappa shape index (κ1) is 18.0. The molecule has 6 nitrogen and oxygen atoms in total. The van der Waals surface area contributed by atoms with Crippen LogP contribution in [-0.4, -0.2) is 16.5 Å². The van der Waals surface area contributed by atoms with Crippen LogP contribution in [0.3, 0.4) is 0 Å². The topological polar surface area (TPSA) is 70.3 Å². The summed E-state index contributed by atoms with van der Waals surface area (Å²) >= 11 is 0. The van der Waals surface area contributed by atoms with Crippen molar-refractivity contribution in [2.24, 2.45) is 0 Å². The lowest BCUT2D eigenvalue weighted by atomic mass is 10.2. The number of hydrazine groups is 1. The molecule has 0 spiro atoms. The molecule has 30 heavy (non-hydrogen) atoms. The van der Waals surface area contributed by atoms with Gasteiger partial charge in [0, 0.05) is 12.2 Å². The molecule has 0 saturated carbocycles. The maximum absolute atomic E-state index is 6.57. The van der Waals surface area contributed by atoms with E-state index in [9.17, 15) is 0 Å². The van der Waals surface area contributed by atoms with Crippen LogP contribution in [0.2, 0.25) is 0 Å². The van der Waals surface area contributed by atoms with Crippen LogP contribution in [0, 0.1) is 0 Å². The maximum atomic E-state index is 6.57. The third kappa shape index (κ3) is 3.28. The molecule has 0 atom stereocenters. The van der Waals surface area contributed by atoms with E-state index < -0.39 is 0 Å². The summed E-state index contributed by atoms with van der Waals surface area (Å²) in [6.45, 7) is 0.848. The average molecular weight is 394 g/mol. The number of nitrogens with two attached hydrogens (primary N) is 1. The zero-order valence-corrected chi connectivity index (χ0v) is 16.4. The first-order valence-electron chi connectivity index (χ1n) is 9.94. The van der Waals surface area contributed by atoms with Crippen molar-refractivity contribution in [1.82, 2.24) is 9.97 Å². The molecule has 1 aliphatic heterocycles. The number of anilines is 6. The van der Waals surface area contributed by atoms with Gasteiger partial charge in [0.05, 0.1) is 11.4 Å². The van der Waals surface area contributed by atoms with Crippen molar-refractivity contribution in [3.05, 3.63) is 96.8 Å². The van der Waals surface area contributed by atoms with Crippen LogP contribution in [0.5, 0.6) is 0 Å². The highest BCUT2D eigenvalue weighted by molar-refractivity contribution is 5.83. The maximum Gasteiger partial charge on any atom is 0.173 e. The Kier molecular flexibility index (Phi) is 4.65. The van der Waals surface area contributed by atoms with Crippen molar-refractivity contribution >= 4 is 34.4 Å². The molecular weight excluding hydrogens is 372 g/mol. The zero-order chi connectivity index (χ0) is 20.3. The number of aromatic nitrogens is 2. The average Bonchev–Trinajstić information content (AvgIpc) is 3.24. The van der Waals surface area contributed by atoms with Gasteiger partial charge in [-0.05, 0) is 42.3 Å². The Hall–Kier alpha value is -4.06. The molecule has 0 unspecified atom stereocenters. The van der Waals surface area contributed by atoms with E-state index in [0.717, 1.165) is 35.8 Å². The molecule has 0 saturated heterocycles. The Balaban J connectivity index is 1.52. The number of nitrogen functional groups attached to an aromatic ring is 1. The molecule has 3 N–H and O–H groups in total. The molecule has 1 aliphatic rings. The second-order valence-corrected chi connectivity index (χ2v) is 7.11. The van der Waals surface area contributed by atoms with Gasteiger partial charge in [0.15, 0.2) is 11.6 Å². The van der Waals surface area contributed by atoms with Crippen LogP contribution in [0.4, 0.5) is 34.4 Å². The molecular formula is C24H22N6. The third-order valence-corrected chi connectivity index (χ3v) is 5.25. The number of nitrogens with one attached hydrogen (secondary N) is 1. The summed E-state index contributed by atoms with van der Waals surface area (Å²) in [6, 6.07) is 28.5. The van der Waals surface area contributed by atoms with Gasteiger partial charge in [-0.1, -0.05) is 54.6 Å². The summed E-state index contributed by atoms with van der Waals surface area (Å²) < 4.78 is 0. The molecule has 148 valence electrons. The highest BCUT2D eigenvalue weighted by Crippen LogP contribution is 2.38. The van der Waals surface area contributed by atoms with Gasteiger partial charge >= 0.3 is 0 Å².